The average Bonchev–Trinajstić information content (AvgIpc) is 2.50. The zero-order valence-electron chi connectivity index (χ0n) is 13.4. The SMILES string of the molecule is CN(C)CCCc1ccc(OCCN2CCOCC2)cc1. The molecule has 0 amide bonds. The van der Waals surface area contributed by atoms with Gasteiger partial charge in [-0.1, -0.05) is 12.1 Å². The highest BCUT2D eigenvalue weighted by Crippen LogP contribution is 2.13. The van der Waals surface area contributed by atoms with Gasteiger partial charge in [-0.25, -0.2) is 0 Å². The van der Waals surface area contributed by atoms with E-state index in [1.807, 2.05) is 0 Å². The van der Waals surface area contributed by atoms with E-state index in [0.717, 1.165) is 58.2 Å². The highest BCUT2D eigenvalue weighted by atomic mass is 16.5. The molecule has 0 atom stereocenters. The number of hydrogen-bond donors (Lipinski definition) is 0. The molecule has 1 aromatic carbocycles. The van der Waals surface area contributed by atoms with Gasteiger partial charge in [0.15, 0.2) is 0 Å². The second kappa shape index (κ2) is 9.03. The first-order valence-electron chi connectivity index (χ1n) is 7.90. The molecule has 0 aromatic heterocycles. The third-order valence-electron chi connectivity index (χ3n) is 3.77. The molecule has 0 spiro atoms. The molecule has 1 fully saturated rings. The van der Waals surface area contributed by atoms with Crippen molar-refractivity contribution >= 4 is 0 Å². The summed E-state index contributed by atoms with van der Waals surface area (Å²) in [6, 6.07) is 8.54. The molecule has 0 bridgehead atoms. The minimum Gasteiger partial charge on any atom is -0.492 e. The fourth-order valence-electron chi connectivity index (χ4n) is 2.47. The van der Waals surface area contributed by atoms with Crippen molar-refractivity contribution in [3.63, 3.8) is 0 Å². The first-order chi connectivity index (χ1) is 10.2. The molecule has 4 nitrogen and oxygen atoms in total. The number of aryl methyl sites for hydroxylation is 1. The van der Waals surface area contributed by atoms with Crippen molar-refractivity contribution < 1.29 is 9.47 Å². The summed E-state index contributed by atoms with van der Waals surface area (Å²) in [5.74, 6) is 0.972. The van der Waals surface area contributed by atoms with Gasteiger partial charge in [0.1, 0.15) is 12.4 Å². The van der Waals surface area contributed by atoms with Crippen LogP contribution in [0.5, 0.6) is 5.75 Å². The van der Waals surface area contributed by atoms with E-state index in [1.54, 1.807) is 0 Å². The van der Waals surface area contributed by atoms with E-state index >= 15 is 0 Å². The smallest absolute Gasteiger partial charge is 0.119 e. The van der Waals surface area contributed by atoms with Crippen LogP contribution in [0.3, 0.4) is 0 Å². The highest BCUT2D eigenvalue weighted by Gasteiger charge is 2.09. The lowest BCUT2D eigenvalue weighted by Gasteiger charge is -2.26. The van der Waals surface area contributed by atoms with E-state index < -0.39 is 0 Å². The third kappa shape index (κ3) is 6.46. The summed E-state index contributed by atoms with van der Waals surface area (Å²) in [7, 11) is 4.23. The maximum absolute atomic E-state index is 5.82. The zero-order valence-corrected chi connectivity index (χ0v) is 13.4. The van der Waals surface area contributed by atoms with Gasteiger partial charge in [0.25, 0.3) is 0 Å². The first kappa shape index (κ1) is 16.3. The summed E-state index contributed by atoms with van der Waals surface area (Å²) in [4.78, 5) is 4.61. The van der Waals surface area contributed by atoms with Crippen LogP contribution in [-0.2, 0) is 11.2 Å². The van der Waals surface area contributed by atoms with Crippen molar-refractivity contribution in [2.45, 2.75) is 12.8 Å². The van der Waals surface area contributed by atoms with Crippen LogP contribution in [0.1, 0.15) is 12.0 Å². The van der Waals surface area contributed by atoms with Gasteiger partial charge in [0.05, 0.1) is 13.2 Å². The van der Waals surface area contributed by atoms with Gasteiger partial charge in [0.2, 0.25) is 0 Å². The maximum atomic E-state index is 5.82. The van der Waals surface area contributed by atoms with Crippen LogP contribution in [0.4, 0.5) is 0 Å². The summed E-state index contributed by atoms with van der Waals surface area (Å²) in [6.45, 7) is 6.61. The van der Waals surface area contributed by atoms with Gasteiger partial charge in [-0.15, -0.1) is 0 Å². The van der Waals surface area contributed by atoms with E-state index in [0.29, 0.717) is 0 Å². The van der Waals surface area contributed by atoms with Crippen molar-refractivity contribution in [3.05, 3.63) is 29.8 Å². The lowest BCUT2D eigenvalue weighted by molar-refractivity contribution is 0.0322. The molecule has 21 heavy (non-hydrogen) atoms. The molecule has 1 saturated heterocycles. The predicted octanol–water partition coefficient (Wildman–Crippen LogP) is 1.89. The van der Waals surface area contributed by atoms with Crippen molar-refractivity contribution in [2.24, 2.45) is 0 Å². The predicted molar refractivity (Wildman–Crippen MR) is 86.1 cm³/mol. The molecule has 1 aromatic rings. The highest BCUT2D eigenvalue weighted by molar-refractivity contribution is 5.27. The molecule has 0 unspecified atom stereocenters. The topological polar surface area (TPSA) is 24.9 Å². The van der Waals surface area contributed by atoms with Crippen molar-refractivity contribution in [1.29, 1.82) is 0 Å². The molecule has 118 valence electrons. The molecule has 4 heteroatoms. The lowest BCUT2D eigenvalue weighted by Crippen LogP contribution is -2.38. The summed E-state index contributed by atoms with van der Waals surface area (Å²) in [5.41, 5.74) is 1.39. The number of hydrogen-bond acceptors (Lipinski definition) is 4. The van der Waals surface area contributed by atoms with Gasteiger partial charge >= 0.3 is 0 Å². The summed E-state index contributed by atoms with van der Waals surface area (Å²) in [5, 5.41) is 0. The van der Waals surface area contributed by atoms with Crippen LogP contribution >= 0.6 is 0 Å². The number of morpholine rings is 1. The minimum absolute atomic E-state index is 0.750. The van der Waals surface area contributed by atoms with E-state index in [9.17, 15) is 0 Å². The molecule has 0 N–H and O–H groups in total. The summed E-state index contributed by atoms with van der Waals surface area (Å²) >= 11 is 0. The molecule has 0 saturated carbocycles. The molecular formula is C17H28N2O2. The van der Waals surface area contributed by atoms with Crippen LogP contribution in [0.2, 0.25) is 0 Å². The van der Waals surface area contributed by atoms with Gasteiger partial charge in [-0.05, 0) is 51.2 Å². The van der Waals surface area contributed by atoms with Crippen LogP contribution in [0, 0.1) is 0 Å². The van der Waals surface area contributed by atoms with Crippen molar-refractivity contribution in [1.82, 2.24) is 9.80 Å². The molecule has 0 radical (unpaired) electrons. The quantitative estimate of drug-likeness (QED) is 0.730. The average molecular weight is 292 g/mol. The Labute approximate surface area is 128 Å². The Hall–Kier alpha value is -1.10. The second-order valence-corrected chi connectivity index (χ2v) is 5.85. The Morgan fingerprint density at radius 3 is 2.52 bits per heavy atom. The van der Waals surface area contributed by atoms with Crippen LogP contribution < -0.4 is 4.74 Å². The van der Waals surface area contributed by atoms with Crippen LogP contribution in [-0.4, -0.2) is 69.9 Å². The molecule has 2 rings (SSSR count). The largest absolute Gasteiger partial charge is 0.492 e. The van der Waals surface area contributed by atoms with Gasteiger partial charge in [-0.3, -0.25) is 4.90 Å². The Kier molecular flexibility index (Phi) is 7.00. The first-order valence-corrected chi connectivity index (χ1v) is 7.90. The second-order valence-electron chi connectivity index (χ2n) is 5.85. The number of ether oxygens (including phenoxy) is 2. The molecule has 0 aliphatic carbocycles. The monoisotopic (exact) mass is 292 g/mol. The van der Waals surface area contributed by atoms with E-state index in [-0.39, 0.29) is 0 Å². The van der Waals surface area contributed by atoms with Gasteiger partial charge < -0.3 is 14.4 Å². The third-order valence-corrected chi connectivity index (χ3v) is 3.77. The molecular weight excluding hydrogens is 264 g/mol. The standard InChI is InChI=1S/C17H28N2O2/c1-18(2)9-3-4-16-5-7-17(8-6-16)21-15-12-19-10-13-20-14-11-19/h5-8H,3-4,9-15H2,1-2H3. The number of benzene rings is 1. The molecule has 1 heterocycles. The maximum Gasteiger partial charge on any atom is 0.119 e. The zero-order chi connectivity index (χ0) is 14.9. The normalized spacial score (nSPS) is 16.3. The molecule has 1 aliphatic heterocycles. The summed E-state index contributed by atoms with van der Waals surface area (Å²) in [6.07, 6.45) is 2.33. The van der Waals surface area contributed by atoms with E-state index in [2.05, 4.69) is 48.2 Å². The summed E-state index contributed by atoms with van der Waals surface area (Å²) < 4.78 is 11.2. The Morgan fingerprint density at radius 1 is 1.14 bits per heavy atom. The fraction of sp³-hybridized carbons (Fsp3) is 0.647. The molecule has 1 aliphatic rings. The Bertz CT molecular complexity index is 386. The van der Waals surface area contributed by atoms with Crippen molar-refractivity contribution in [3.8, 4) is 5.75 Å². The van der Waals surface area contributed by atoms with Gasteiger partial charge in [-0.2, -0.15) is 0 Å². The van der Waals surface area contributed by atoms with Crippen LogP contribution in [0.15, 0.2) is 24.3 Å². The van der Waals surface area contributed by atoms with E-state index in [1.165, 1.54) is 12.0 Å². The number of nitrogens with zero attached hydrogens (tertiary/aromatic N) is 2. The fourth-order valence-corrected chi connectivity index (χ4v) is 2.47. The van der Waals surface area contributed by atoms with Crippen LogP contribution in [0.25, 0.3) is 0 Å². The Balaban J connectivity index is 1.64. The lowest BCUT2D eigenvalue weighted by atomic mass is 10.1. The van der Waals surface area contributed by atoms with E-state index in [4.69, 9.17) is 9.47 Å². The number of rotatable bonds is 8. The Morgan fingerprint density at radius 2 is 1.86 bits per heavy atom. The van der Waals surface area contributed by atoms with Gasteiger partial charge in [0, 0.05) is 19.6 Å². The van der Waals surface area contributed by atoms with Crippen molar-refractivity contribution in [2.75, 3.05) is 60.1 Å². The minimum atomic E-state index is 0.750.